The van der Waals surface area contributed by atoms with Crippen LogP contribution in [0.2, 0.25) is 5.02 Å². The Morgan fingerprint density at radius 1 is 1.23 bits per heavy atom. The highest BCUT2D eigenvalue weighted by atomic mass is 35.5. The second kappa shape index (κ2) is 7.89. The largest absolute Gasteiger partial charge is 0.496 e. The van der Waals surface area contributed by atoms with Crippen LogP contribution in [0.5, 0.6) is 5.75 Å². The Labute approximate surface area is 186 Å². The molecule has 31 heavy (non-hydrogen) atoms. The lowest BCUT2D eigenvalue weighted by atomic mass is 9.98. The Kier molecular flexibility index (Phi) is 5.39. The molecule has 162 valence electrons. The molecule has 0 radical (unpaired) electrons. The molecule has 8 heteroatoms. The molecular formula is C23H24ClN3O4. The molecule has 1 atom stereocenters. The molecule has 3 amide bonds. The Morgan fingerprint density at radius 2 is 1.97 bits per heavy atom. The Hall–Kier alpha value is -3.06. The minimum Gasteiger partial charge on any atom is -0.496 e. The van der Waals surface area contributed by atoms with E-state index in [1.165, 1.54) is 9.80 Å². The van der Waals surface area contributed by atoms with Crippen molar-refractivity contribution in [1.29, 1.82) is 0 Å². The summed E-state index contributed by atoms with van der Waals surface area (Å²) in [6.45, 7) is 1.99. The summed E-state index contributed by atoms with van der Waals surface area (Å²) in [5.41, 5.74) is 0.942. The number of anilines is 1. The third kappa shape index (κ3) is 3.53. The van der Waals surface area contributed by atoms with Crippen LogP contribution in [-0.4, -0.2) is 53.9 Å². The van der Waals surface area contributed by atoms with Crippen molar-refractivity contribution in [2.75, 3.05) is 25.6 Å². The SMILES string of the molecule is COc1ccc(Cl)cc1CN(C)C(=O)CN1C(=O)c2ccccc2N2C(=O)CCC12C. The summed E-state index contributed by atoms with van der Waals surface area (Å²) in [5, 5.41) is 0.548. The average Bonchev–Trinajstić information content (AvgIpc) is 3.06. The topological polar surface area (TPSA) is 70.2 Å². The van der Waals surface area contributed by atoms with Gasteiger partial charge in [-0.15, -0.1) is 0 Å². The molecule has 7 nitrogen and oxygen atoms in total. The molecule has 2 aliphatic rings. The maximum absolute atomic E-state index is 13.3. The zero-order valence-electron chi connectivity index (χ0n) is 17.7. The van der Waals surface area contributed by atoms with Gasteiger partial charge in [0.25, 0.3) is 5.91 Å². The van der Waals surface area contributed by atoms with Gasteiger partial charge >= 0.3 is 0 Å². The molecule has 0 spiro atoms. The van der Waals surface area contributed by atoms with Gasteiger partial charge in [0.15, 0.2) is 0 Å². The van der Waals surface area contributed by atoms with Gasteiger partial charge in [0, 0.05) is 30.6 Å². The van der Waals surface area contributed by atoms with Crippen LogP contribution in [-0.2, 0) is 16.1 Å². The molecule has 2 aromatic carbocycles. The number of para-hydroxylation sites is 1. The van der Waals surface area contributed by atoms with Crippen LogP contribution in [0.4, 0.5) is 5.69 Å². The smallest absolute Gasteiger partial charge is 0.258 e. The van der Waals surface area contributed by atoms with E-state index < -0.39 is 5.66 Å². The van der Waals surface area contributed by atoms with Crippen LogP contribution in [0.25, 0.3) is 0 Å². The van der Waals surface area contributed by atoms with E-state index in [0.29, 0.717) is 34.9 Å². The summed E-state index contributed by atoms with van der Waals surface area (Å²) in [6.07, 6.45) is 0.809. The molecule has 0 aliphatic carbocycles. The number of carbonyl (C=O) groups excluding carboxylic acids is 3. The van der Waals surface area contributed by atoms with E-state index in [9.17, 15) is 14.4 Å². The number of rotatable bonds is 5. The molecule has 4 rings (SSSR count). The molecule has 0 bridgehead atoms. The summed E-state index contributed by atoms with van der Waals surface area (Å²) in [4.78, 5) is 43.8. The summed E-state index contributed by atoms with van der Waals surface area (Å²) >= 11 is 6.10. The molecule has 0 N–H and O–H groups in total. The lowest BCUT2D eigenvalue weighted by Gasteiger charge is -2.48. The van der Waals surface area contributed by atoms with Crippen molar-refractivity contribution in [1.82, 2.24) is 9.80 Å². The summed E-state index contributed by atoms with van der Waals surface area (Å²) < 4.78 is 5.37. The number of amides is 3. The number of fused-ring (bicyclic) bond motifs is 3. The van der Waals surface area contributed by atoms with E-state index in [0.717, 1.165) is 5.56 Å². The quantitative estimate of drug-likeness (QED) is 0.713. The zero-order valence-corrected chi connectivity index (χ0v) is 18.5. The maximum atomic E-state index is 13.3. The number of methoxy groups -OCH3 is 1. The number of hydrogen-bond donors (Lipinski definition) is 0. The van der Waals surface area contributed by atoms with Crippen LogP contribution in [0, 0.1) is 0 Å². The van der Waals surface area contributed by atoms with Gasteiger partial charge in [0.2, 0.25) is 11.8 Å². The minimum absolute atomic E-state index is 0.0445. The summed E-state index contributed by atoms with van der Waals surface area (Å²) in [5.74, 6) is 0.102. The third-order valence-corrected chi connectivity index (χ3v) is 6.35. The second-order valence-corrected chi connectivity index (χ2v) is 8.50. The number of hydrogen-bond acceptors (Lipinski definition) is 4. The van der Waals surface area contributed by atoms with Crippen LogP contribution in [0.1, 0.15) is 35.7 Å². The minimum atomic E-state index is -0.868. The number of nitrogens with zero attached hydrogens (tertiary/aromatic N) is 3. The fourth-order valence-electron chi connectivity index (χ4n) is 4.41. The first-order chi connectivity index (χ1) is 14.8. The van der Waals surface area contributed by atoms with Crippen molar-refractivity contribution in [3.63, 3.8) is 0 Å². The van der Waals surface area contributed by atoms with Crippen molar-refractivity contribution < 1.29 is 19.1 Å². The maximum Gasteiger partial charge on any atom is 0.258 e. The van der Waals surface area contributed by atoms with E-state index in [2.05, 4.69) is 0 Å². The van der Waals surface area contributed by atoms with Gasteiger partial charge in [-0.3, -0.25) is 19.3 Å². The van der Waals surface area contributed by atoms with Crippen LogP contribution in [0.15, 0.2) is 42.5 Å². The van der Waals surface area contributed by atoms with Crippen molar-refractivity contribution in [2.45, 2.75) is 32.0 Å². The molecule has 0 aromatic heterocycles. The lowest BCUT2D eigenvalue weighted by Crippen LogP contribution is -2.63. The number of halogens is 1. The van der Waals surface area contributed by atoms with Crippen molar-refractivity contribution in [3.8, 4) is 5.75 Å². The highest BCUT2D eigenvalue weighted by Gasteiger charge is 2.53. The van der Waals surface area contributed by atoms with Gasteiger partial charge in [-0.1, -0.05) is 23.7 Å². The highest BCUT2D eigenvalue weighted by molar-refractivity contribution is 6.30. The lowest BCUT2D eigenvalue weighted by molar-refractivity contribution is -0.132. The number of ether oxygens (including phenoxy) is 1. The first kappa shape index (κ1) is 21.2. The zero-order chi connectivity index (χ0) is 22.3. The van der Waals surface area contributed by atoms with Gasteiger partial charge in [0.1, 0.15) is 18.0 Å². The Bertz CT molecular complexity index is 1070. The monoisotopic (exact) mass is 441 g/mol. The number of carbonyl (C=O) groups is 3. The van der Waals surface area contributed by atoms with E-state index >= 15 is 0 Å². The predicted octanol–water partition coefficient (Wildman–Crippen LogP) is 3.31. The van der Waals surface area contributed by atoms with Gasteiger partial charge < -0.3 is 14.5 Å². The Morgan fingerprint density at radius 3 is 2.71 bits per heavy atom. The Balaban J connectivity index is 1.60. The van der Waals surface area contributed by atoms with Gasteiger partial charge in [-0.2, -0.15) is 0 Å². The second-order valence-electron chi connectivity index (χ2n) is 8.06. The van der Waals surface area contributed by atoms with Crippen molar-refractivity contribution >= 4 is 35.0 Å². The predicted molar refractivity (Wildman–Crippen MR) is 117 cm³/mol. The van der Waals surface area contributed by atoms with Crippen LogP contribution in [0.3, 0.4) is 0 Å². The molecule has 2 heterocycles. The average molecular weight is 442 g/mol. The first-order valence-corrected chi connectivity index (χ1v) is 10.4. The standard InChI is InChI=1S/C23H24ClN3O4/c1-23-11-10-20(28)27(23)18-7-5-4-6-17(18)22(30)26(23)14-21(29)25(2)13-15-12-16(24)8-9-19(15)31-3/h4-9,12H,10-11,13-14H2,1-3H3. The number of likely N-dealkylation sites (N-methyl/N-ethyl adjacent to an activating group) is 1. The fourth-order valence-corrected chi connectivity index (χ4v) is 4.61. The third-order valence-electron chi connectivity index (χ3n) is 6.11. The van der Waals surface area contributed by atoms with Gasteiger partial charge in [-0.05, 0) is 43.7 Å². The fraction of sp³-hybridized carbons (Fsp3) is 0.348. The van der Waals surface area contributed by atoms with Crippen LogP contribution >= 0.6 is 11.6 Å². The van der Waals surface area contributed by atoms with Crippen molar-refractivity contribution in [3.05, 3.63) is 58.6 Å². The number of benzene rings is 2. The van der Waals surface area contributed by atoms with E-state index in [4.69, 9.17) is 16.3 Å². The molecule has 2 aliphatic heterocycles. The highest BCUT2D eigenvalue weighted by Crippen LogP contribution is 2.43. The normalized spacial score (nSPS) is 19.9. The molecule has 2 aromatic rings. The van der Waals surface area contributed by atoms with Crippen LogP contribution < -0.4 is 9.64 Å². The van der Waals surface area contributed by atoms with Gasteiger partial charge in [0.05, 0.1) is 18.4 Å². The molecule has 1 saturated heterocycles. The molecule has 0 saturated carbocycles. The van der Waals surface area contributed by atoms with E-state index in [1.54, 1.807) is 55.5 Å². The van der Waals surface area contributed by atoms with Gasteiger partial charge in [-0.25, -0.2) is 0 Å². The summed E-state index contributed by atoms with van der Waals surface area (Å²) in [7, 11) is 3.23. The molecular weight excluding hydrogens is 418 g/mol. The van der Waals surface area contributed by atoms with Crippen molar-refractivity contribution in [2.24, 2.45) is 0 Å². The molecule has 1 fully saturated rings. The van der Waals surface area contributed by atoms with E-state index in [-0.39, 0.29) is 30.8 Å². The van der Waals surface area contributed by atoms with E-state index in [1.807, 2.05) is 13.0 Å². The first-order valence-electron chi connectivity index (χ1n) is 10.1. The summed E-state index contributed by atoms with van der Waals surface area (Å²) in [6, 6.07) is 12.3. The molecule has 1 unspecified atom stereocenters.